The van der Waals surface area contributed by atoms with Crippen molar-refractivity contribution in [2.75, 3.05) is 13.7 Å². The topological polar surface area (TPSA) is 69.0 Å². The Bertz CT molecular complexity index is 1590. The second-order valence-electron chi connectivity index (χ2n) is 10.2. The third-order valence-corrected chi connectivity index (χ3v) is 6.75. The summed E-state index contributed by atoms with van der Waals surface area (Å²) in [6.45, 7) is 8.58. The summed E-state index contributed by atoms with van der Waals surface area (Å²) in [5.41, 5.74) is 3.57. The van der Waals surface area contributed by atoms with Crippen molar-refractivity contribution >= 4 is 16.9 Å². The number of benzene rings is 3. The van der Waals surface area contributed by atoms with Gasteiger partial charge in [0, 0.05) is 6.54 Å². The number of aryl methyl sites for hydroxylation is 2. The lowest BCUT2D eigenvalue weighted by Gasteiger charge is -2.26. The zero-order valence-electron chi connectivity index (χ0n) is 22.1. The molecule has 1 unspecified atom stereocenters. The zero-order valence-corrected chi connectivity index (χ0v) is 22.1. The van der Waals surface area contributed by atoms with E-state index < -0.39 is 11.9 Å². The molecular weight excluding hydrogens is 485 g/mol. The summed E-state index contributed by atoms with van der Waals surface area (Å²) in [6.07, 6.45) is 0. The van der Waals surface area contributed by atoms with Gasteiger partial charge >= 0.3 is 0 Å². The molecule has 4 aromatic rings. The first kappa shape index (κ1) is 25.5. The Labute approximate surface area is 220 Å². The summed E-state index contributed by atoms with van der Waals surface area (Å²) >= 11 is 0. The molecule has 0 bridgehead atoms. The monoisotopic (exact) mass is 515 g/mol. The first-order chi connectivity index (χ1) is 18.2. The summed E-state index contributed by atoms with van der Waals surface area (Å²) in [4.78, 5) is 29.3. The Morgan fingerprint density at radius 1 is 1.00 bits per heavy atom. The Balaban J connectivity index is 1.69. The van der Waals surface area contributed by atoms with Crippen LogP contribution < -0.4 is 14.9 Å². The fraction of sp³-hybridized carbons (Fsp3) is 0.290. The molecule has 5 rings (SSSR count). The van der Waals surface area contributed by atoms with Crippen molar-refractivity contribution in [3.8, 4) is 11.5 Å². The van der Waals surface area contributed by atoms with Gasteiger partial charge in [0.05, 0.1) is 30.7 Å². The van der Waals surface area contributed by atoms with Gasteiger partial charge in [-0.25, -0.2) is 4.39 Å². The highest BCUT2D eigenvalue weighted by Gasteiger charge is 2.43. The van der Waals surface area contributed by atoms with E-state index >= 15 is 0 Å². The smallest absolute Gasteiger partial charge is 0.291 e. The predicted octanol–water partition coefficient (Wildman–Crippen LogP) is 6.34. The molecule has 6 nitrogen and oxygen atoms in total. The highest BCUT2D eigenvalue weighted by atomic mass is 19.1. The molecule has 0 aliphatic carbocycles. The SMILES string of the molecule is COc1cc(C2c3c(oc4cc(C)cc(C)c4c3=O)C(=O)N2Cc2ccc(F)cc2)ccc1OCC(C)C. The van der Waals surface area contributed by atoms with E-state index in [1.54, 1.807) is 42.3 Å². The third kappa shape index (κ3) is 4.53. The molecule has 0 N–H and O–H groups in total. The summed E-state index contributed by atoms with van der Waals surface area (Å²) in [7, 11) is 1.55. The van der Waals surface area contributed by atoms with Crippen molar-refractivity contribution in [1.29, 1.82) is 0 Å². The lowest BCUT2D eigenvalue weighted by atomic mass is 9.96. The van der Waals surface area contributed by atoms with Crippen LogP contribution in [-0.2, 0) is 6.54 Å². The van der Waals surface area contributed by atoms with E-state index in [1.165, 1.54) is 12.1 Å². The number of fused-ring (bicyclic) bond motifs is 2. The van der Waals surface area contributed by atoms with E-state index in [0.717, 1.165) is 16.7 Å². The quantitative estimate of drug-likeness (QED) is 0.287. The van der Waals surface area contributed by atoms with Crippen LogP contribution in [0.4, 0.5) is 4.39 Å². The molecule has 1 aromatic heterocycles. The maximum Gasteiger partial charge on any atom is 0.291 e. The van der Waals surface area contributed by atoms with Gasteiger partial charge in [-0.1, -0.05) is 38.1 Å². The van der Waals surface area contributed by atoms with Gasteiger partial charge in [0.25, 0.3) is 5.91 Å². The number of hydrogen-bond acceptors (Lipinski definition) is 5. The van der Waals surface area contributed by atoms with Crippen LogP contribution in [0.1, 0.15) is 58.3 Å². The van der Waals surface area contributed by atoms with Crippen LogP contribution in [0.25, 0.3) is 11.0 Å². The zero-order chi connectivity index (χ0) is 27.1. The van der Waals surface area contributed by atoms with Gasteiger partial charge in [0.15, 0.2) is 16.9 Å². The Hall–Kier alpha value is -4.13. The van der Waals surface area contributed by atoms with E-state index in [1.807, 2.05) is 26.0 Å². The van der Waals surface area contributed by atoms with Crippen molar-refractivity contribution in [3.05, 3.63) is 104 Å². The molecule has 0 saturated carbocycles. The number of methoxy groups -OCH3 is 1. The van der Waals surface area contributed by atoms with Crippen LogP contribution >= 0.6 is 0 Å². The normalized spacial score (nSPS) is 14.9. The first-order valence-corrected chi connectivity index (χ1v) is 12.6. The average Bonchev–Trinajstić information content (AvgIpc) is 3.15. The maximum atomic E-state index is 14.0. The minimum Gasteiger partial charge on any atom is -0.493 e. The average molecular weight is 516 g/mol. The van der Waals surface area contributed by atoms with Gasteiger partial charge in [-0.3, -0.25) is 9.59 Å². The minimum atomic E-state index is -0.725. The molecule has 2 heterocycles. The largest absolute Gasteiger partial charge is 0.493 e. The van der Waals surface area contributed by atoms with Crippen molar-refractivity contribution < 1.29 is 23.1 Å². The summed E-state index contributed by atoms with van der Waals surface area (Å²) in [5.74, 6) is 0.677. The second kappa shape index (κ2) is 9.97. The molecule has 0 radical (unpaired) electrons. The number of nitrogens with zero attached hydrogens (tertiary/aromatic N) is 1. The molecule has 1 aliphatic heterocycles. The Morgan fingerprint density at radius 2 is 1.74 bits per heavy atom. The van der Waals surface area contributed by atoms with E-state index in [-0.39, 0.29) is 29.1 Å². The Kier molecular flexibility index (Phi) is 6.69. The van der Waals surface area contributed by atoms with E-state index in [2.05, 4.69) is 13.8 Å². The van der Waals surface area contributed by atoms with Gasteiger partial charge in [-0.2, -0.15) is 0 Å². The molecule has 0 saturated heterocycles. The number of carbonyl (C=O) groups is 1. The molecule has 1 atom stereocenters. The maximum absolute atomic E-state index is 14.0. The van der Waals surface area contributed by atoms with Gasteiger partial charge < -0.3 is 18.8 Å². The van der Waals surface area contributed by atoms with Crippen LogP contribution in [0.2, 0.25) is 0 Å². The van der Waals surface area contributed by atoms with Crippen LogP contribution in [0.15, 0.2) is 63.8 Å². The standard InChI is InChI=1S/C31H30FNO5/c1-17(2)16-37-23-11-8-21(14-24(23)36-5)28-27-29(34)26-19(4)12-18(3)13-25(26)38-30(27)31(35)33(28)15-20-6-9-22(32)10-7-20/h6-14,17,28H,15-16H2,1-5H3. The number of amides is 1. The fourth-order valence-electron chi connectivity index (χ4n) is 5.04. The third-order valence-electron chi connectivity index (χ3n) is 6.75. The Morgan fingerprint density at radius 3 is 2.42 bits per heavy atom. The molecule has 1 aliphatic rings. The number of halogens is 1. The van der Waals surface area contributed by atoms with Crippen LogP contribution in [0.3, 0.4) is 0 Å². The number of ether oxygens (including phenoxy) is 2. The van der Waals surface area contributed by atoms with Gasteiger partial charge in [-0.05, 0) is 72.4 Å². The molecule has 7 heteroatoms. The lowest BCUT2D eigenvalue weighted by Crippen LogP contribution is -2.29. The van der Waals surface area contributed by atoms with Crippen molar-refractivity contribution in [1.82, 2.24) is 4.90 Å². The van der Waals surface area contributed by atoms with E-state index in [9.17, 15) is 14.0 Å². The molecule has 0 fully saturated rings. The summed E-state index contributed by atoms with van der Waals surface area (Å²) in [5, 5.41) is 0.458. The van der Waals surface area contributed by atoms with Gasteiger partial charge in [0.2, 0.25) is 5.76 Å². The molecule has 0 spiro atoms. The highest BCUT2D eigenvalue weighted by molar-refractivity contribution is 5.99. The number of carbonyl (C=O) groups excluding carboxylic acids is 1. The van der Waals surface area contributed by atoms with Crippen molar-refractivity contribution in [2.24, 2.45) is 5.92 Å². The molecule has 3 aromatic carbocycles. The number of hydrogen-bond donors (Lipinski definition) is 0. The summed E-state index contributed by atoms with van der Waals surface area (Å²) < 4.78 is 31.3. The number of rotatable bonds is 7. The van der Waals surface area contributed by atoms with Crippen LogP contribution in [-0.4, -0.2) is 24.5 Å². The first-order valence-electron chi connectivity index (χ1n) is 12.6. The molecule has 196 valence electrons. The lowest BCUT2D eigenvalue weighted by molar-refractivity contribution is 0.0714. The van der Waals surface area contributed by atoms with Crippen molar-refractivity contribution in [2.45, 2.75) is 40.3 Å². The van der Waals surface area contributed by atoms with Gasteiger partial charge in [-0.15, -0.1) is 0 Å². The second-order valence-corrected chi connectivity index (χ2v) is 10.2. The van der Waals surface area contributed by atoms with Crippen LogP contribution in [0.5, 0.6) is 11.5 Å². The van der Waals surface area contributed by atoms with Crippen LogP contribution in [0, 0.1) is 25.6 Å². The van der Waals surface area contributed by atoms with E-state index in [0.29, 0.717) is 40.6 Å². The minimum absolute atomic E-state index is 0.0266. The summed E-state index contributed by atoms with van der Waals surface area (Å²) in [6, 6.07) is 14.4. The fourth-order valence-corrected chi connectivity index (χ4v) is 5.04. The van der Waals surface area contributed by atoms with Crippen molar-refractivity contribution in [3.63, 3.8) is 0 Å². The highest BCUT2D eigenvalue weighted by Crippen LogP contribution is 2.42. The predicted molar refractivity (Wildman–Crippen MR) is 143 cm³/mol. The van der Waals surface area contributed by atoms with E-state index in [4.69, 9.17) is 13.9 Å². The molecular formula is C31H30FNO5. The molecule has 1 amide bonds. The molecule has 38 heavy (non-hydrogen) atoms. The van der Waals surface area contributed by atoms with Gasteiger partial charge in [0.1, 0.15) is 11.4 Å².